The zero-order valence-corrected chi connectivity index (χ0v) is 13.5. The number of benzene rings is 1. The molecule has 24 heavy (non-hydrogen) atoms. The van der Waals surface area contributed by atoms with Gasteiger partial charge >= 0.3 is 5.97 Å². The number of amides is 1. The van der Waals surface area contributed by atoms with Gasteiger partial charge in [-0.25, -0.2) is 4.79 Å². The third-order valence-electron chi connectivity index (χ3n) is 3.38. The molecule has 0 fully saturated rings. The molecule has 1 aromatic heterocycles. The molecular weight excluding hydrogens is 314 g/mol. The second-order valence-electron chi connectivity index (χ2n) is 5.07. The molecule has 1 heterocycles. The van der Waals surface area contributed by atoms with E-state index >= 15 is 0 Å². The van der Waals surface area contributed by atoms with Crippen LogP contribution in [-0.4, -0.2) is 31.2 Å². The maximum Gasteiger partial charge on any atom is 0.371 e. The SMILES string of the molecule is COc1cc(CCC(=O)NCc2ccc(C(=O)O)o2)cc(OC)c1. The lowest BCUT2D eigenvalue weighted by molar-refractivity contribution is -0.121. The van der Waals surface area contributed by atoms with Gasteiger partial charge in [0.05, 0.1) is 20.8 Å². The molecule has 0 saturated carbocycles. The lowest BCUT2D eigenvalue weighted by atomic mass is 10.1. The van der Waals surface area contributed by atoms with Gasteiger partial charge in [-0.15, -0.1) is 0 Å². The number of carbonyl (C=O) groups excluding carboxylic acids is 1. The number of furan rings is 1. The topological polar surface area (TPSA) is 98.0 Å². The first-order chi connectivity index (χ1) is 11.5. The number of ether oxygens (including phenoxy) is 2. The molecule has 0 radical (unpaired) electrons. The van der Waals surface area contributed by atoms with Crippen LogP contribution in [0.3, 0.4) is 0 Å². The first-order valence-electron chi connectivity index (χ1n) is 7.32. The Hall–Kier alpha value is -2.96. The Morgan fingerprint density at radius 3 is 2.33 bits per heavy atom. The molecule has 1 aromatic carbocycles. The normalized spacial score (nSPS) is 10.2. The van der Waals surface area contributed by atoms with Crippen molar-refractivity contribution in [2.24, 2.45) is 0 Å². The molecule has 1 amide bonds. The summed E-state index contributed by atoms with van der Waals surface area (Å²) in [6.45, 7) is 0.146. The molecule has 0 spiro atoms. The van der Waals surface area contributed by atoms with Crippen LogP contribution in [0.4, 0.5) is 0 Å². The van der Waals surface area contributed by atoms with Gasteiger partial charge in [-0.1, -0.05) is 0 Å². The fourth-order valence-electron chi connectivity index (χ4n) is 2.13. The molecule has 0 saturated heterocycles. The summed E-state index contributed by atoms with van der Waals surface area (Å²) in [7, 11) is 3.14. The molecule has 0 aliphatic carbocycles. The number of carbonyl (C=O) groups is 2. The van der Waals surface area contributed by atoms with Crippen molar-refractivity contribution in [2.45, 2.75) is 19.4 Å². The van der Waals surface area contributed by atoms with Gasteiger partial charge in [-0.2, -0.15) is 0 Å². The molecule has 0 atom stereocenters. The monoisotopic (exact) mass is 333 g/mol. The summed E-state index contributed by atoms with van der Waals surface area (Å²) in [4.78, 5) is 22.6. The number of methoxy groups -OCH3 is 2. The Morgan fingerprint density at radius 1 is 1.12 bits per heavy atom. The summed E-state index contributed by atoms with van der Waals surface area (Å²) in [5.74, 6) is 0.277. The fraction of sp³-hybridized carbons (Fsp3) is 0.294. The molecular formula is C17H19NO6. The largest absolute Gasteiger partial charge is 0.497 e. The van der Waals surface area contributed by atoms with Crippen LogP contribution in [0.1, 0.15) is 28.3 Å². The number of hydrogen-bond donors (Lipinski definition) is 2. The highest BCUT2D eigenvalue weighted by atomic mass is 16.5. The van der Waals surface area contributed by atoms with Gasteiger partial charge in [0, 0.05) is 12.5 Å². The van der Waals surface area contributed by atoms with Gasteiger partial charge in [0.1, 0.15) is 17.3 Å². The number of aryl methyl sites for hydroxylation is 1. The number of rotatable bonds is 8. The summed E-state index contributed by atoms with van der Waals surface area (Å²) in [6, 6.07) is 8.34. The van der Waals surface area contributed by atoms with Crippen LogP contribution in [0, 0.1) is 0 Å². The highest BCUT2D eigenvalue weighted by Gasteiger charge is 2.10. The molecule has 0 unspecified atom stereocenters. The van der Waals surface area contributed by atoms with Crippen molar-refractivity contribution in [3.63, 3.8) is 0 Å². The van der Waals surface area contributed by atoms with Crippen molar-refractivity contribution in [3.05, 3.63) is 47.4 Å². The van der Waals surface area contributed by atoms with Gasteiger partial charge in [0.2, 0.25) is 11.7 Å². The van der Waals surface area contributed by atoms with Crippen molar-refractivity contribution >= 4 is 11.9 Å². The van der Waals surface area contributed by atoms with E-state index in [1.165, 1.54) is 12.1 Å². The van der Waals surface area contributed by atoms with Gasteiger partial charge in [0.15, 0.2) is 0 Å². The smallest absolute Gasteiger partial charge is 0.371 e. The van der Waals surface area contributed by atoms with Crippen molar-refractivity contribution in [1.29, 1.82) is 0 Å². The molecule has 0 aliphatic rings. The number of hydrogen-bond acceptors (Lipinski definition) is 5. The van der Waals surface area contributed by atoms with E-state index in [2.05, 4.69) is 5.32 Å². The average molecular weight is 333 g/mol. The van der Waals surface area contributed by atoms with E-state index in [0.29, 0.717) is 23.7 Å². The Balaban J connectivity index is 1.85. The van der Waals surface area contributed by atoms with E-state index in [-0.39, 0.29) is 24.6 Å². The Bertz CT molecular complexity index is 699. The zero-order chi connectivity index (χ0) is 17.5. The molecule has 2 N–H and O–H groups in total. The van der Waals surface area contributed by atoms with E-state index in [9.17, 15) is 9.59 Å². The average Bonchev–Trinajstić information content (AvgIpc) is 3.07. The maximum atomic E-state index is 11.9. The second-order valence-corrected chi connectivity index (χ2v) is 5.07. The minimum Gasteiger partial charge on any atom is -0.497 e. The van der Waals surface area contributed by atoms with Crippen LogP contribution < -0.4 is 14.8 Å². The summed E-state index contributed by atoms with van der Waals surface area (Å²) >= 11 is 0. The lowest BCUT2D eigenvalue weighted by Crippen LogP contribution is -2.22. The third kappa shape index (κ3) is 4.77. The summed E-state index contributed by atoms with van der Waals surface area (Å²) in [6.07, 6.45) is 0.806. The van der Waals surface area contributed by atoms with Crippen molar-refractivity contribution in [2.75, 3.05) is 14.2 Å². The summed E-state index contributed by atoms with van der Waals surface area (Å²) < 4.78 is 15.5. The zero-order valence-electron chi connectivity index (χ0n) is 13.5. The predicted molar refractivity (Wildman–Crippen MR) is 85.4 cm³/mol. The van der Waals surface area contributed by atoms with Crippen LogP contribution in [0.2, 0.25) is 0 Å². The van der Waals surface area contributed by atoms with Crippen LogP contribution in [0.15, 0.2) is 34.7 Å². The number of carboxylic acids is 1. The first-order valence-corrected chi connectivity index (χ1v) is 7.32. The minimum absolute atomic E-state index is 0.146. The highest BCUT2D eigenvalue weighted by molar-refractivity contribution is 5.84. The number of carboxylic acid groups (broad SMARTS) is 1. The van der Waals surface area contributed by atoms with E-state index in [1.54, 1.807) is 20.3 Å². The molecule has 7 heteroatoms. The van der Waals surface area contributed by atoms with Crippen molar-refractivity contribution in [1.82, 2.24) is 5.32 Å². The minimum atomic E-state index is -1.14. The van der Waals surface area contributed by atoms with Crippen LogP contribution in [0.25, 0.3) is 0 Å². The molecule has 2 rings (SSSR count). The van der Waals surface area contributed by atoms with Crippen LogP contribution in [0.5, 0.6) is 11.5 Å². The van der Waals surface area contributed by atoms with E-state index in [4.69, 9.17) is 19.0 Å². The Morgan fingerprint density at radius 2 is 1.79 bits per heavy atom. The number of aromatic carboxylic acids is 1. The van der Waals surface area contributed by atoms with E-state index < -0.39 is 5.97 Å². The predicted octanol–water partition coefficient (Wildman–Crippen LogP) is 2.24. The lowest BCUT2D eigenvalue weighted by Gasteiger charge is -2.08. The molecule has 128 valence electrons. The van der Waals surface area contributed by atoms with Gasteiger partial charge in [-0.05, 0) is 36.2 Å². The quantitative estimate of drug-likeness (QED) is 0.769. The summed E-state index contributed by atoms with van der Waals surface area (Å²) in [5, 5.41) is 11.5. The number of nitrogens with one attached hydrogen (secondary N) is 1. The maximum absolute atomic E-state index is 11.9. The second kappa shape index (κ2) is 8.05. The third-order valence-corrected chi connectivity index (χ3v) is 3.38. The van der Waals surface area contributed by atoms with Crippen LogP contribution >= 0.6 is 0 Å². The van der Waals surface area contributed by atoms with E-state index in [0.717, 1.165) is 5.56 Å². The van der Waals surface area contributed by atoms with Crippen molar-refractivity contribution in [3.8, 4) is 11.5 Å². The van der Waals surface area contributed by atoms with Gasteiger partial charge in [0.25, 0.3) is 0 Å². The van der Waals surface area contributed by atoms with Crippen molar-refractivity contribution < 1.29 is 28.6 Å². The molecule has 0 aliphatic heterocycles. The van der Waals surface area contributed by atoms with Gasteiger partial charge in [-0.3, -0.25) is 4.79 Å². The fourth-order valence-corrected chi connectivity index (χ4v) is 2.13. The Kier molecular flexibility index (Phi) is 5.83. The first kappa shape index (κ1) is 17.4. The Labute approximate surface area is 139 Å². The van der Waals surface area contributed by atoms with E-state index in [1.807, 2.05) is 12.1 Å². The standard InChI is InChI=1S/C17H19NO6/c1-22-13-7-11(8-14(9-13)23-2)3-6-16(19)18-10-12-4-5-15(24-12)17(20)21/h4-5,7-9H,3,6,10H2,1-2H3,(H,18,19)(H,20,21). The molecule has 7 nitrogen and oxygen atoms in total. The molecule has 2 aromatic rings. The van der Waals surface area contributed by atoms with Gasteiger partial charge < -0.3 is 24.3 Å². The van der Waals surface area contributed by atoms with Crippen LogP contribution in [-0.2, 0) is 17.8 Å². The highest BCUT2D eigenvalue weighted by Crippen LogP contribution is 2.23. The summed E-state index contributed by atoms with van der Waals surface area (Å²) in [5.41, 5.74) is 0.924. The molecule has 0 bridgehead atoms.